The van der Waals surface area contributed by atoms with E-state index >= 15 is 0 Å². The smallest absolute Gasteiger partial charge is 0.275 e. The predicted octanol–water partition coefficient (Wildman–Crippen LogP) is 1.20. The molecule has 2 aromatic rings. The van der Waals surface area contributed by atoms with Gasteiger partial charge < -0.3 is 5.32 Å². The van der Waals surface area contributed by atoms with E-state index in [9.17, 15) is 9.59 Å². The van der Waals surface area contributed by atoms with E-state index in [-0.39, 0.29) is 17.0 Å². The average molecular weight is 337 g/mol. The van der Waals surface area contributed by atoms with E-state index in [0.29, 0.717) is 23.7 Å². The van der Waals surface area contributed by atoms with E-state index in [1.165, 1.54) is 21.9 Å². The summed E-state index contributed by atoms with van der Waals surface area (Å²) in [6.07, 6.45) is 0. The highest BCUT2D eigenvalue weighted by Crippen LogP contribution is 2.13. The lowest BCUT2D eigenvalue weighted by atomic mass is 10.1. The SMILES string of the molecule is CCN(CC(=O)NC(C)(C)C)Cc1nn2c(=O)cc(C)nc2s1. The Bertz CT molecular complexity index is 759. The van der Waals surface area contributed by atoms with Gasteiger partial charge in [0.25, 0.3) is 5.56 Å². The molecule has 7 nitrogen and oxygen atoms in total. The molecule has 126 valence electrons. The van der Waals surface area contributed by atoms with Crippen molar-refractivity contribution >= 4 is 22.2 Å². The van der Waals surface area contributed by atoms with Crippen molar-refractivity contribution in [2.75, 3.05) is 13.1 Å². The molecule has 0 fully saturated rings. The van der Waals surface area contributed by atoms with E-state index in [0.717, 1.165) is 11.6 Å². The molecule has 0 saturated carbocycles. The molecule has 1 amide bonds. The first kappa shape index (κ1) is 17.6. The zero-order valence-electron chi connectivity index (χ0n) is 14.2. The van der Waals surface area contributed by atoms with Crippen molar-refractivity contribution < 1.29 is 4.79 Å². The molecular formula is C15H23N5O2S. The van der Waals surface area contributed by atoms with Crippen molar-refractivity contribution in [3.8, 4) is 0 Å². The Morgan fingerprint density at radius 1 is 1.43 bits per heavy atom. The summed E-state index contributed by atoms with van der Waals surface area (Å²) in [5, 5.41) is 8.03. The van der Waals surface area contributed by atoms with Crippen molar-refractivity contribution in [2.24, 2.45) is 0 Å². The van der Waals surface area contributed by atoms with Crippen molar-refractivity contribution in [2.45, 2.75) is 46.7 Å². The maximum Gasteiger partial charge on any atom is 0.275 e. The van der Waals surface area contributed by atoms with Gasteiger partial charge in [-0.3, -0.25) is 14.5 Å². The summed E-state index contributed by atoms with van der Waals surface area (Å²) < 4.78 is 1.32. The predicted molar refractivity (Wildman–Crippen MR) is 90.7 cm³/mol. The van der Waals surface area contributed by atoms with E-state index in [2.05, 4.69) is 15.4 Å². The summed E-state index contributed by atoms with van der Waals surface area (Å²) in [6, 6.07) is 1.46. The van der Waals surface area contributed by atoms with Crippen LogP contribution in [0.25, 0.3) is 4.96 Å². The number of nitrogens with one attached hydrogen (secondary N) is 1. The number of nitrogens with zero attached hydrogens (tertiary/aromatic N) is 4. The largest absolute Gasteiger partial charge is 0.350 e. The number of likely N-dealkylation sites (N-methyl/N-ethyl adjacent to an activating group) is 1. The Labute approximate surface area is 139 Å². The molecule has 8 heteroatoms. The number of aryl methyl sites for hydroxylation is 1. The van der Waals surface area contributed by atoms with Crippen molar-refractivity contribution in [1.29, 1.82) is 0 Å². The molecule has 2 heterocycles. The molecular weight excluding hydrogens is 314 g/mol. The third-order valence-corrected chi connectivity index (χ3v) is 4.00. The van der Waals surface area contributed by atoms with Crippen LogP contribution in [0.2, 0.25) is 0 Å². The van der Waals surface area contributed by atoms with Gasteiger partial charge in [0.2, 0.25) is 10.9 Å². The molecule has 0 aliphatic heterocycles. The second kappa shape index (κ2) is 6.76. The number of carbonyl (C=O) groups is 1. The number of carbonyl (C=O) groups excluding carboxylic acids is 1. The van der Waals surface area contributed by atoms with Crippen molar-refractivity contribution in [3.63, 3.8) is 0 Å². The Hall–Kier alpha value is -1.80. The molecule has 0 unspecified atom stereocenters. The highest BCUT2D eigenvalue weighted by Gasteiger charge is 2.17. The minimum atomic E-state index is -0.249. The van der Waals surface area contributed by atoms with Crippen molar-refractivity contribution in [1.82, 2.24) is 24.8 Å². The summed E-state index contributed by atoms with van der Waals surface area (Å²) >= 11 is 1.38. The molecule has 0 aliphatic carbocycles. The Balaban J connectivity index is 2.11. The van der Waals surface area contributed by atoms with E-state index in [1.807, 2.05) is 32.6 Å². The molecule has 0 spiro atoms. The van der Waals surface area contributed by atoms with E-state index in [4.69, 9.17) is 0 Å². The van der Waals surface area contributed by atoms with Crippen LogP contribution in [-0.2, 0) is 11.3 Å². The topological polar surface area (TPSA) is 79.6 Å². The zero-order chi connectivity index (χ0) is 17.2. The van der Waals surface area contributed by atoms with Gasteiger partial charge in [-0.2, -0.15) is 9.61 Å². The first-order chi connectivity index (χ1) is 10.7. The normalized spacial score (nSPS) is 12.1. The fourth-order valence-corrected chi connectivity index (χ4v) is 3.14. The van der Waals surface area contributed by atoms with Gasteiger partial charge in [-0.1, -0.05) is 18.3 Å². The van der Waals surface area contributed by atoms with Gasteiger partial charge in [-0.25, -0.2) is 4.98 Å². The summed E-state index contributed by atoms with van der Waals surface area (Å²) in [5.41, 5.74) is 0.256. The van der Waals surface area contributed by atoms with Crippen LogP contribution in [0.5, 0.6) is 0 Å². The number of rotatable bonds is 5. The minimum Gasteiger partial charge on any atom is -0.350 e. The van der Waals surface area contributed by atoms with Crippen LogP contribution >= 0.6 is 11.3 Å². The van der Waals surface area contributed by atoms with Crippen LogP contribution in [0, 0.1) is 6.92 Å². The quantitative estimate of drug-likeness (QED) is 0.887. The molecule has 0 saturated heterocycles. The van der Waals surface area contributed by atoms with Crippen LogP contribution in [-0.4, -0.2) is 44.0 Å². The van der Waals surface area contributed by atoms with Gasteiger partial charge in [0.1, 0.15) is 5.01 Å². The van der Waals surface area contributed by atoms with Gasteiger partial charge in [0.05, 0.1) is 13.1 Å². The molecule has 2 aromatic heterocycles. The number of aromatic nitrogens is 3. The number of amides is 1. The summed E-state index contributed by atoms with van der Waals surface area (Å²) in [5.74, 6) is -0.0217. The van der Waals surface area contributed by atoms with E-state index < -0.39 is 0 Å². The van der Waals surface area contributed by atoms with Gasteiger partial charge in [-0.05, 0) is 34.2 Å². The maximum absolute atomic E-state index is 12.1. The van der Waals surface area contributed by atoms with E-state index in [1.54, 1.807) is 6.92 Å². The molecule has 1 N–H and O–H groups in total. The highest BCUT2D eigenvalue weighted by molar-refractivity contribution is 7.16. The standard InChI is InChI=1S/C15H23N5O2S/c1-6-19(8-11(21)17-15(3,4)5)9-12-18-20-13(22)7-10(2)16-14(20)23-12/h7H,6,8-9H2,1-5H3,(H,17,21). The molecule has 0 atom stereocenters. The van der Waals surface area contributed by atoms with Gasteiger partial charge >= 0.3 is 0 Å². The Morgan fingerprint density at radius 2 is 2.13 bits per heavy atom. The molecule has 0 radical (unpaired) electrons. The van der Waals surface area contributed by atoms with Crippen LogP contribution in [0.3, 0.4) is 0 Å². The first-order valence-corrected chi connectivity index (χ1v) is 8.39. The second-order valence-corrected chi connectivity index (χ2v) is 7.57. The summed E-state index contributed by atoms with van der Waals surface area (Å²) in [6.45, 7) is 11.2. The van der Waals surface area contributed by atoms with Crippen LogP contribution in [0.1, 0.15) is 38.4 Å². The highest BCUT2D eigenvalue weighted by atomic mass is 32.1. The number of fused-ring (bicyclic) bond motifs is 1. The molecule has 23 heavy (non-hydrogen) atoms. The average Bonchev–Trinajstić information content (AvgIpc) is 2.78. The number of hydrogen-bond acceptors (Lipinski definition) is 6. The fraction of sp³-hybridized carbons (Fsp3) is 0.600. The third-order valence-electron chi connectivity index (χ3n) is 3.10. The summed E-state index contributed by atoms with van der Waals surface area (Å²) in [4.78, 5) is 30.8. The van der Waals surface area contributed by atoms with Crippen LogP contribution in [0.4, 0.5) is 0 Å². The molecule has 0 aliphatic rings. The summed E-state index contributed by atoms with van der Waals surface area (Å²) in [7, 11) is 0. The number of hydrogen-bond donors (Lipinski definition) is 1. The maximum atomic E-state index is 12.1. The molecule has 0 aromatic carbocycles. The monoisotopic (exact) mass is 337 g/mol. The van der Waals surface area contributed by atoms with Gasteiger partial charge in [0, 0.05) is 17.3 Å². The minimum absolute atomic E-state index is 0.0217. The lowest BCUT2D eigenvalue weighted by Gasteiger charge is -2.24. The first-order valence-electron chi connectivity index (χ1n) is 7.57. The van der Waals surface area contributed by atoms with Gasteiger partial charge in [0.15, 0.2) is 0 Å². The Kier molecular flexibility index (Phi) is 5.16. The third kappa shape index (κ3) is 4.84. The van der Waals surface area contributed by atoms with Gasteiger partial charge in [-0.15, -0.1) is 0 Å². The van der Waals surface area contributed by atoms with Crippen LogP contribution in [0.15, 0.2) is 10.9 Å². The lowest BCUT2D eigenvalue weighted by molar-refractivity contribution is -0.123. The molecule has 0 bridgehead atoms. The zero-order valence-corrected chi connectivity index (χ0v) is 15.0. The fourth-order valence-electron chi connectivity index (χ4n) is 2.16. The molecule has 2 rings (SSSR count). The van der Waals surface area contributed by atoms with Crippen molar-refractivity contribution in [3.05, 3.63) is 27.1 Å². The lowest BCUT2D eigenvalue weighted by Crippen LogP contribution is -2.45. The Morgan fingerprint density at radius 3 is 2.74 bits per heavy atom. The second-order valence-electron chi connectivity index (χ2n) is 6.53. The van der Waals surface area contributed by atoms with Crippen LogP contribution < -0.4 is 10.9 Å².